The monoisotopic (exact) mass is 269 g/mol. The molecule has 0 fully saturated rings. The van der Waals surface area contributed by atoms with E-state index in [0.717, 1.165) is 0 Å². The fourth-order valence-electron chi connectivity index (χ4n) is 1.46. The molecule has 1 N–H and O–H groups in total. The van der Waals surface area contributed by atoms with Gasteiger partial charge in [-0.3, -0.25) is 14.3 Å². The van der Waals surface area contributed by atoms with Crippen LogP contribution in [0.2, 0.25) is 0 Å². The number of hydrogen-bond donors (Lipinski definition) is 1. The predicted octanol–water partition coefficient (Wildman–Crippen LogP) is 0.867. The van der Waals surface area contributed by atoms with Crippen LogP contribution < -0.4 is 11.2 Å². The second-order valence-electron chi connectivity index (χ2n) is 2.99. The van der Waals surface area contributed by atoms with Crippen molar-refractivity contribution in [1.29, 1.82) is 0 Å². The number of aromatic nitrogens is 3. The molecular formula is C9H8BrN3O2. The van der Waals surface area contributed by atoms with Crippen molar-refractivity contribution >= 4 is 27.0 Å². The summed E-state index contributed by atoms with van der Waals surface area (Å²) in [5, 5.41) is 0.402. The first-order valence-electron chi connectivity index (χ1n) is 4.42. The largest absolute Gasteiger partial charge is 0.329 e. The summed E-state index contributed by atoms with van der Waals surface area (Å²) >= 11 is 3.26. The molecular weight excluding hydrogens is 262 g/mol. The van der Waals surface area contributed by atoms with Crippen molar-refractivity contribution in [2.45, 2.75) is 13.5 Å². The Morgan fingerprint density at radius 3 is 2.93 bits per heavy atom. The number of nitrogens with zero attached hydrogens (tertiary/aromatic N) is 2. The smallest absolute Gasteiger partial charge is 0.278 e. The van der Waals surface area contributed by atoms with Crippen molar-refractivity contribution in [1.82, 2.24) is 14.5 Å². The number of halogens is 1. The van der Waals surface area contributed by atoms with E-state index in [9.17, 15) is 9.59 Å². The van der Waals surface area contributed by atoms with E-state index in [2.05, 4.69) is 25.9 Å². The third-order valence-corrected chi connectivity index (χ3v) is 2.81. The number of hydrogen-bond acceptors (Lipinski definition) is 3. The molecule has 0 aliphatic carbocycles. The summed E-state index contributed by atoms with van der Waals surface area (Å²) in [4.78, 5) is 29.3. The molecule has 0 bridgehead atoms. The van der Waals surface area contributed by atoms with Gasteiger partial charge in [0.2, 0.25) is 0 Å². The van der Waals surface area contributed by atoms with Crippen molar-refractivity contribution in [2.75, 3.05) is 0 Å². The van der Waals surface area contributed by atoms with Gasteiger partial charge in [0.15, 0.2) is 5.65 Å². The summed E-state index contributed by atoms with van der Waals surface area (Å²) in [5.41, 5.74) is -0.444. The van der Waals surface area contributed by atoms with Crippen molar-refractivity contribution in [3.8, 4) is 0 Å². The van der Waals surface area contributed by atoms with Crippen molar-refractivity contribution in [2.24, 2.45) is 0 Å². The summed E-state index contributed by atoms with van der Waals surface area (Å²) in [6, 6.07) is 1.67. The molecule has 0 saturated carbocycles. The first kappa shape index (κ1) is 10.1. The van der Waals surface area contributed by atoms with E-state index in [1.807, 2.05) is 6.92 Å². The molecule has 0 aliphatic rings. The zero-order valence-electron chi connectivity index (χ0n) is 7.95. The second kappa shape index (κ2) is 3.62. The van der Waals surface area contributed by atoms with Crippen LogP contribution in [0.1, 0.15) is 6.92 Å². The Labute approximate surface area is 92.9 Å². The minimum absolute atomic E-state index is 0.402. The van der Waals surface area contributed by atoms with E-state index in [4.69, 9.17) is 0 Å². The molecule has 0 saturated heterocycles. The first-order chi connectivity index (χ1) is 7.15. The van der Waals surface area contributed by atoms with E-state index in [1.165, 1.54) is 4.57 Å². The third kappa shape index (κ3) is 1.50. The Morgan fingerprint density at radius 1 is 1.53 bits per heavy atom. The molecule has 5 nitrogen and oxygen atoms in total. The summed E-state index contributed by atoms with van der Waals surface area (Å²) in [7, 11) is 0. The number of rotatable bonds is 1. The average molecular weight is 270 g/mol. The van der Waals surface area contributed by atoms with Crippen LogP contribution in [0.3, 0.4) is 0 Å². The number of aryl methyl sites for hydroxylation is 1. The molecule has 15 heavy (non-hydrogen) atoms. The van der Waals surface area contributed by atoms with Crippen LogP contribution in [-0.4, -0.2) is 14.5 Å². The van der Waals surface area contributed by atoms with E-state index in [-0.39, 0.29) is 0 Å². The minimum atomic E-state index is -0.430. The molecule has 78 valence electrons. The van der Waals surface area contributed by atoms with Crippen LogP contribution in [-0.2, 0) is 6.54 Å². The van der Waals surface area contributed by atoms with Gasteiger partial charge < -0.3 is 0 Å². The molecule has 2 aromatic rings. The van der Waals surface area contributed by atoms with E-state index in [1.54, 1.807) is 12.3 Å². The van der Waals surface area contributed by atoms with Gasteiger partial charge in [0.1, 0.15) is 0 Å². The maximum Gasteiger partial charge on any atom is 0.329 e. The number of fused-ring (bicyclic) bond motifs is 1. The number of H-pyrrole nitrogens is 1. The van der Waals surface area contributed by atoms with Gasteiger partial charge in [0.25, 0.3) is 5.56 Å². The molecule has 2 rings (SSSR count). The standard InChI is InChI=1S/C9H8BrN3O2/c1-2-13-7-6(5(10)3-4-11-7)8(14)12-9(13)15/h3-4H,2H2,1H3,(H,12,14,15). The van der Waals surface area contributed by atoms with Crippen molar-refractivity contribution in [3.63, 3.8) is 0 Å². The van der Waals surface area contributed by atoms with Crippen LogP contribution >= 0.6 is 15.9 Å². The normalized spacial score (nSPS) is 10.8. The molecule has 0 amide bonds. The summed E-state index contributed by atoms with van der Waals surface area (Å²) in [6.45, 7) is 2.29. The summed E-state index contributed by atoms with van der Waals surface area (Å²) < 4.78 is 2.05. The molecule has 6 heteroatoms. The van der Waals surface area contributed by atoms with E-state index < -0.39 is 11.2 Å². The number of aromatic amines is 1. The average Bonchev–Trinajstić information content (AvgIpc) is 2.17. The van der Waals surface area contributed by atoms with Gasteiger partial charge in [-0.1, -0.05) is 0 Å². The highest BCUT2D eigenvalue weighted by atomic mass is 79.9. The predicted molar refractivity (Wildman–Crippen MR) is 60.0 cm³/mol. The lowest BCUT2D eigenvalue weighted by Crippen LogP contribution is -2.30. The third-order valence-electron chi connectivity index (χ3n) is 2.14. The van der Waals surface area contributed by atoms with Crippen LogP contribution in [0, 0.1) is 0 Å². The Kier molecular flexibility index (Phi) is 2.44. The fraction of sp³-hybridized carbons (Fsp3) is 0.222. The van der Waals surface area contributed by atoms with Crippen LogP contribution in [0.4, 0.5) is 0 Å². The molecule has 0 unspecified atom stereocenters. The maximum atomic E-state index is 11.5. The molecule has 0 aliphatic heterocycles. The SMILES string of the molecule is CCn1c(=O)[nH]c(=O)c2c(Br)ccnc21. The van der Waals surface area contributed by atoms with Crippen LogP contribution in [0.25, 0.3) is 11.0 Å². The van der Waals surface area contributed by atoms with Crippen molar-refractivity contribution in [3.05, 3.63) is 37.6 Å². The Balaban J connectivity index is 3.10. The van der Waals surface area contributed by atoms with Crippen LogP contribution in [0.5, 0.6) is 0 Å². The highest BCUT2D eigenvalue weighted by Gasteiger charge is 2.09. The van der Waals surface area contributed by atoms with Gasteiger partial charge in [-0.05, 0) is 28.9 Å². The lowest BCUT2D eigenvalue weighted by molar-refractivity contribution is 0.717. The highest BCUT2D eigenvalue weighted by Crippen LogP contribution is 2.16. The molecule has 0 radical (unpaired) electrons. The maximum absolute atomic E-state index is 11.5. The van der Waals surface area contributed by atoms with Gasteiger partial charge in [0.05, 0.1) is 5.39 Å². The van der Waals surface area contributed by atoms with Crippen molar-refractivity contribution < 1.29 is 0 Å². The first-order valence-corrected chi connectivity index (χ1v) is 5.21. The van der Waals surface area contributed by atoms with Gasteiger partial charge >= 0.3 is 5.69 Å². The molecule has 2 aromatic heterocycles. The zero-order valence-corrected chi connectivity index (χ0v) is 9.54. The van der Waals surface area contributed by atoms with Gasteiger partial charge in [-0.15, -0.1) is 0 Å². The number of pyridine rings is 1. The lowest BCUT2D eigenvalue weighted by atomic mass is 10.3. The lowest BCUT2D eigenvalue weighted by Gasteiger charge is -2.05. The Morgan fingerprint density at radius 2 is 2.27 bits per heavy atom. The highest BCUT2D eigenvalue weighted by molar-refractivity contribution is 9.10. The molecule has 0 spiro atoms. The topological polar surface area (TPSA) is 67.8 Å². The van der Waals surface area contributed by atoms with Gasteiger partial charge in [-0.25, -0.2) is 9.78 Å². The van der Waals surface area contributed by atoms with Gasteiger partial charge in [-0.2, -0.15) is 0 Å². The zero-order chi connectivity index (χ0) is 11.0. The Hall–Kier alpha value is -1.43. The van der Waals surface area contributed by atoms with E-state index in [0.29, 0.717) is 22.1 Å². The molecule has 0 aromatic carbocycles. The molecule has 0 atom stereocenters. The summed E-state index contributed by atoms with van der Waals surface area (Å²) in [6.07, 6.45) is 1.55. The molecule has 2 heterocycles. The summed E-state index contributed by atoms with van der Waals surface area (Å²) in [5.74, 6) is 0. The fourth-order valence-corrected chi connectivity index (χ4v) is 1.93. The van der Waals surface area contributed by atoms with E-state index >= 15 is 0 Å². The van der Waals surface area contributed by atoms with Crippen LogP contribution in [0.15, 0.2) is 26.3 Å². The minimum Gasteiger partial charge on any atom is -0.278 e. The Bertz CT molecular complexity index is 629. The van der Waals surface area contributed by atoms with Gasteiger partial charge in [0, 0.05) is 17.2 Å². The second-order valence-corrected chi connectivity index (χ2v) is 3.85. The number of nitrogens with one attached hydrogen (secondary N) is 1. The quantitative estimate of drug-likeness (QED) is 0.835.